The minimum Gasteiger partial charge on any atom is -0.375 e. The first-order valence-electron chi connectivity index (χ1n) is 4.79. The zero-order valence-electron chi connectivity index (χ0n) is 8.18. The van der Waals surface area contributed by atoms with Crippen LogP contribution in [0.4, 0.5) is 0 Å². The van der Waals surface area contributed by atoms with E-state index in [0.717, 1.165) is 18.4 Å². The number of rotatable bonds is 4. The lowest BCUT2D eigenvalue weighted by atomic mass is 10.0. The molecule has 0 aliphatic heterocycles. The van der Waals surface area contributed by atoms with Crippen molar-refractivity contribution in [3.8, 4) is 0 Å². The third-order valence-corrected chi connectivity index (χ3v) is 2.88. The van der Waals surface area contributed by atoms with E-state index in [9.17, 15) is 0 Å². The fourth-order valence-corrected chi connectivity index (χ4v) is 1.73. The van der Waals surface area contributed by atoms with Crippen molar-refractivity contribution in [2.45, 2.75) is 38.1 Å². The Bertz CT molecular complexity index is 185. The van der Waals surface area contributed by atoms with Crippen molar-refractivity contribution in [3.63, 3.8) is 0 Å². The molecule has 13 heavy (non-hydrogen) atoms. The molecule has 1 rings (SSSR count). The van der Waals surface area contributed by atoms with Gasteiger partial charge in [0.25, 0.3) is 0 Å². The van der Waals surface area contributed by atoms with Gasteiger partial charge in [-0.3, -0.25) is 0 Å². The molecule has 0 heterocycles. The summed E-state index contributed by atoms with van der Waals surface area (Å²) in [7, 11) is 0. The zero-order chi connectivity index (χ0) is 9.73. The van der Waals surface area contributed by atoms with Gasteiger partial charge in [-0.05, 0) is 25.3 Å². The Labute approximate surface area is 85.1 Å². The third kappa shape index (κ3) is 3.67. The van der Waals surface area contributed by atoms with Crippen molar-refractivity contribution in [2.75, 3.05) is 13.2 Å². The van der Waals surface area contributed by atoms with E-state index in [1.54, 1.807) is 5.54 Å². The predicted molar refractivity (Wildman–Crippen MR) is 55.8 cm³/mol. The molecule has 0 atom stereocenters. The van der Waals surface area contributed by atoms with Crippen LogP contribution in [0.5, 0.6) is 0 Å². The first-order chi connectivity index (χ1) is 6.16. The molecule has 1 aliphatic carbocycles. The van der Waals surface area contributed by atoms with Gasteiger partial charge in [-0.1, -0.05) is 24.4 Å². The van der Waals surface area contributed by atoms with Crippen LogP contribution in [0.25, 0.3) is 0 Å². The second kappa shape index (κ2) is 4.99. The summed E-state index contributed by atoms with van der Waals surface area (Å²) in [6.07, 6.45) is 4.67. The standard InChI is InChI=1S/C10H18ClNO/c1-9(6-11)7-13-8-10(12)4-2-3-5-10/h6H,2-5,7-8,12H2,1H3. The fraction of sp³-hybridized carbons (Fsp3) is 0.800. The van der Waals surface area contributed by atoms with Crippen molar-refractivity contribution in [3.05, 3.63) is 11.1 Å². The van der Waals surface area contributed by atoms with Gasteiger partial charge < -0.3 is 10.5 Å². The van der Waals surface area contributed by atoms with E-state index < -0.39 is 0 Å². The normalized spacial score (nSPS) is 22.2. The number of halogens is 1. The smallest absolute Gasteiger partial charge is 0.0686 e. The Kier molecular flexibility index (Phi) is 4.23. The average molecular weight is 204 g/mol. The van der Waals surface area contributed by atoms with Crippen LogP contribution < -0.4 is 5.73 Å². The van der Waals surface area contributed by atoms with Gasteiger partial charge >= 0.3 is 0 Å². The summed E-state index contributed by atoms with van der Waals surface area (Å²) in [5, 5.41) is 0. The van der Waals surface area contributed by atoms with Crippen LogP contribution in [0.3, 0.4) is 0 Å². The first-order valence-corrected chi connectivity index (χ1v) is 5.22. The van der Waals surface area contributed by atoms with Crippen LogP contribution >= 0.6 is 11.6 Å². The highest BCUT2D eigenvalue weighted by molar-refractivity contribution is 6.25. The van der Waals surface area contributed by atoms with Gasteiger partial charge in [-0.2, -0.15) is 0 Å². The molecule has 2 N–H and O–H groups in total. The van der Waals surface area contributed by atoms with Crippen LogP contribution in [-0.4, -0.2) is 18.8 Å². The number of nitrogens with two attached hydrogens (primary N) is 1. The average Bonchev–Trinajstić information content (AvgIpc) is 2.52. The molecule has 76 valence electrons. The Morgan fingerprint density at radius 1 is 1.54 bits per heavy atom. The maximum absolute atomic E-state index is 6.11. The highest BCUT2D eigenvalue weighted by Gasteiger charge is 2.29. The van der Waals surface area contributed by atoms with E-state index in [-0.39, 0.29) is 5.54 Å². The Morgan fingerprint density at radius 3 is 2.69 bits per heavy atom. The predicted octanol–water partition coefficient (Wildman–Crippen LogP) is 2.42. The van der Waals surface area contributed by atoms with Crippen LogP contribution in [-0.2, 0) is 4.74 Å². The summed E-state index contributed by atoms with van der Waals surface area (Å²) >= 11 is 5.51. The maximum atomic E-state index is 6.11. The Hall–Kier alpha value is -0.0500. The highest BCUT2D eigenvalue weighted by Crippen LogP contribution is 2.27. The molecule has 1 fully saturated rings. The van der Waals surface area contributed by atoms with Gasteiger partial charge in [0.1, 0.15) is 0 Å². The molecule has 0 saturated heterocycles. The molecule has 0 spiro atoms. The molecule has 1 saturated carbocycles. The van der Waals surface area contributed by atoms with Crippen molar-refractivity contribution < 1.29 is 4.74 Å². The molecule has 0 aromatic carbocycles. The van der Waals surface area contributed by atoms with Gasteiger partial charge in [0.05, 0.1) is 13.2 Å². The summed E-state index contributed by atoms with van der Waals surface area (Å²) in [4.78, 5) is 0. The SMILES string of the molecule is CC(=CCl)COCC1(N)CCCC1. The molecular weight excluding hydrogens is 186 g/mol. The van der Waals surface area contributed by atoms with Gasteiger partial charge in [-0.25, -0.2) is 0 Å². The summed E-state index contributed by atoms with van der Waals surface area (Å²) in [5.41, 5.74) is 8.64. The second-order valence-corrected chi connectivity index (χ2v) is 4.24. The van der Waals surface area contributed by atoms with Gasteiger partial charge in [0, 0.05) is 11.1 Å². The fourth-order valence-electron chi connectivity index (χ4n) is 1.67. The largest absolute Gasteiger partial charge is 0.375 e. The lowest BCUT2D eigenvalue weighted by molar-refractivity contribution is 0.103. The zero-order valence-corrected chi connectivity index (χ0v) is 8.94. The summed E-state index contributed by atoms with van der Waals surface area (Å²) in [5.74, 6) is 0. The first kappa shape index (κ1) is 11.0. The Morgan fingerprint density at radius 2 is 2.15 bits per heavy atom. The molecule has 0 amide bonds. The van der Waals surface area contributed by atoms with E-state index in [4.69, 9.17) is 22.1 Å². The number of hydrogen-bond acceptors (Lipinski definition) is 2. The van der Waals surface area contributed by atoms with Crippen LogP contribution in [0.15, 0.2) is 11.1 Å². The van der Waals surface area contributed by atoms with Crippen LogP contribution in [0.1, 0.15) is 32.6 Å². The van der Waals surface area contributed by atoms with E-state index >= 15 is 0 Å². The molecule has 0 aromatic heterocycles. The Balaban J connectivity index is 2.18. The molecule has 0 bridgehead atoms. The minimum atomic E-state index is -0.0629. The summed E-state index contributed by atoms with van der Waals surface area (Å²) in [6.45, 7) is 3.21. The maximum Gasteiger partial charge on any atom is 0.0686 e. The molecule has 0 aromatic rings. The summed E-state index contributed by atoms with van der Waals surface area (Å²) in [6, 6.07) is 0. The lowest BCUT2D eigenvalue weighted by Crippen LogP contribution is -2.41. The van der Waals surface area contributed by atoms with Crippen molar-refractivity contribution in [1.29, 1.82) is 0 Å². The van der Waals surface area contributed by atoms with E-state index in [1.807, 2.05) is 6.92 Å². The van der Waals surface area contributed by atoms with E-state index in [2.05, 4.69) is 0 Å². The topological polar surface area (TPSA) is 35.2 Å². The second-order valence-electron chi connectivity index (χ2n) is 4.02. The highest BCUT2D eigenvalue weighted by atomic mass is 35.5. The van der Waals surface area contributed by atoms with Crippen molar-refractivity contribution >= 4 is 11.6 Å². The number of hydrogen-bond donors (Lipinski definition) is 1. The van der Waals surface area contributed by atoms with Gasteiger partial charge in [0.15, 0.2) is 0 Å². The van der Waals surface area contributed by atoms with E-state index in [1.165, 1.54) is 12.8 Å². The van der Waals surface area contributed by atoms with Gasteiger partial charge in [0.2, 0.25) is 0 Å². The molecule has 3 heteroatoms. The summed E-state index contributed by atoms with van der Waals surface area (Å²) < 4.78 is 5.50. The molecule has 0 unspecified atom stereocenters. The number of ether oxygens (including phenoxy) is 1. The van der Waals surface area contributed by atoms with Crippen LogP contribution in [0, 0.1) is 0 Å². The lowest BCUT2D eigenvalue weighted by Gasteiger charge is -2.23. The van der Waals surface area contributed by atoms with Gasteiger partial charge in [-0.15, -0.1) is 0 Å². The van der Waals surface area contributed by atoms with Crippen molar-refractivity contribution in [2.24, 2.45) is 5.73 Å². The minimum absolute atomic E-state index is 0.0629. The van der Waals surface area contributed by atoms with E-state index in [0.29, 0.717) is 13.2 Å². The third-order valence-electron chi connectivity index (χ3n) is 2.50. The molecular formula is C10H18ClNO. The van der Waals surface area contributed by atoms with Crippen LogP contribution in [0.2, 0.25) is 0 Å². The molecule has 2 nitrogen and oxygen atoms in total. The molecule has 0 radical (unpaired) electrons. The quantitative estimate of drug-likeness (QED) is 0.762. The van der Waals surface area contributed by atoms with Crippen molar-refractivity contribution in [1.82, 2.24) is 0 Å². The molecule has 1 aliphatic rings. The monoisotopic (exact) mass is 203 g/mol.